The lowest BCUT2D eigenvalue weighted by Gasteiger charge is -2.37. The zero-order valence-electron chi connectivity index (χ0n) is 19.4. The van der Waals surface area contributed by atoms with Gasteiger partial charge in [-0.1, -0.05) is 41.0 Å². The van der Waals surface area contributed by atoms with E-state index < -0.39 is 0 Å². The number of halogens is 1. The first-order valence-electron chi connectivity index (χ1n) is 11.1. The molecule has 0 saturated carbocycles. The summed E-state index contributed by atoms with van der Waals surface area (Å²) in [6.45, 7) is 6.07. The second-order valence-corrected chi connectivity index (χ2v) is 8.62. The Kier molecular flexibility index (Phi) is 7.82. The van der Waals surface area contributed by atoms with Crippen molar-refractivity contribution in [2.75, 3.05) is 26.9 Å². The molecule has 2 aromatic carbocycles. The minimum atomic E-state index is -0.284. The van der Waals surface area contributed by atoms with Gasteiger partial charge in [0.05, 0.1) is 18.7 Å². The number of thiocarbonyl (C=S) groups is 1. The number of allylic oxidation sites excluding steroid dienone is 1. The van der Waals surface area contributed by atoms with Crippen LogP contribution < -0.4 is 10.1 Å². The lowest BCUT2D eigenvalue weighted by molar-refractivity contribution is 0.141. The van der Waals surface area contributed by atoms with Gasteiger partial charge in [0, 0.05) is 36.0 Å². The van der Waals surface area contributed by atoms with E-state index in [9.17, 15) is 0 Å². The van der Waals surface area contributed by atoms with Crippen molar-refractivity contribution in [3.8, 4) is 17.1 Å². The van der Waals surface area contributed by atoms with Gasteiger partial charge in [0.15, 0.2) is 5.11 Å². The molecule has 1 aliphatic heterocycles. The van der Waals surface area contributed by atoms with Crippen LogP contribution in [0.25, 0.3) is 17.0 Å². The zero-order valence-corrected chi connectivity index (χ0v) is 20.9. The molecule has 1 aromatic heterocycles. The topological polar surface area (TPSA) is 72.7 Å². The predicted octanol–water partition coefficient (Wildman–Crippen LogP) is 5.49. The van der Waals surface area contributed by atoms with Crippen LogP contribution in [-0.4, -0.2) is 47.0 Å². The van der Waals surface area contributed by atoms with Crippen molar-refractivity contribution in [1.82, 2.24) is 20.4 Å². The quantitative estimate of drug-likeness (QED) is 0.307. The van der Waals surface area contributed by atoms with E-state index in [2.05, 4.69) is 15.4 Å². The molecule has 7 nitrogen and oxygen atoms in total. The number of nitrogens with zero attached hydrogens (tertiary/aromatic N) is 3. The van der Waals surface area contributed by atoms with E-state index in [0.29, 0.717) is 41.6 Å². The van der Waals surface area contributed by atoms with Crippen molar-refractivity contribution in [2.45, 2.75) is 26.3 Å². The fourth-order valence-electron chi connectivity index (χ4n) is 3.95. The maximum atomic E-state index is 6.31. The van der Waals surface area contributed by atoms with E-state index in [-0.39, 0.29) is 6.04 Å². The molecule has 3 aromatic rings. The molecule has 4 rings (SSSR count). The van der Waals surface area contributed by atoms with Crippen molar-refractivity contribution < 1.29 is 14.0 Å². The molecule has 1 N–H and O–H groups in total. The first-order chi connectivity index (χ1) is 16.5. The lowest BCUT2D eigenvalue weighted by Crippen LogP contribution is -2.46. The van der Waals surface area contributed by atoms with Gasteiger partial charge in [-0.3, -0.25) is 0 Å². The normalized spacial score (nSPS) is 16.1. The fourth-order valence-corrected chi connectivity index (χ4v) is 4.49. The molecule has 0 spiro atoms. The Morgan fingerprint density at radius 3 is 2.79 bits per heavy atom. The van der Waals surface area contributed by atoms with Gasteiger partial charge in [-0.2, -0.15) is 4.98 Å². The van der Waals surface area contributed by atoms with Crippen LogP contribution in [0.5, 0.6) is 5.75 Å². The monoisotopic (exact) mass is 498 g/mol. The standard InChI is InChI=1S/C25H27ClN4O3S/c1-4-32-13-7-12-30-16(2)21(22(27-25(30)34)17-8-5-10-19(26)14-17)24-28-23(29-33-24)18-9-6-11-20(15-18)31-3/h5-6,8-11,14-15,22H,4,7,12-13H2,1-3H3,(H,27,34). The van der Waals surface area contributed by atoms with Gasteiger partial charge in [0.1, 0.15) is 5.75 Å². The number of nitrogens with one attached hydrogen (secondary N) is 1. The Balaban J connectivity index is 1.74. The number of ether oxygens (including phenoxy) is 2. The smallest absolute Gasteiger partial charge is 0.258 e. The first-order valence-corrected chi connectivity index (χ1v) is 11.9. The Labute approximate surface area is 209 Å². The summed E-state index contributed by atoms with van der Waals surface area (Å²) in [5.41, 5.74) is 3.57. The third-order valence-corrected chi connectivity index (χ3v) is 6.21. The van der Waals surface area contributed by atoms with Crippen LogP contribution in [0.2, 0.25) is 5.02 Å². The highest BCUT2D eigenvalue weighted by molar-refractivity contribution is 7.80. The van der Waals surface area contributed by atoms with Gasteiger partial charge in [-0.15, -0.1) is 0 Å². The van der Waals surface area contributed by atoms with Gasteiger partial charge in [-0.05, 0) is 62.3 Å². The van der Waals surface area contributed by atoms with Crippen LogP contribution in [0.4, 0.5) is 0 Å². The number of hydrogen-bond donors (Lipinski definition) is 1. The largest absolute Gasteiger partial charge is 0.497 e. The van der Waals surface area contributed by atoms with Crippen molar-refractivity contribution >= 4 is 34.5 Å². The summed E-state index contributed by atoms with van der Waals surface area (Å²) >= 11 is 12.0. The highest BCUT2D eigenvalue weighted by atomic mass is 35.5. The zero-order chi connectivity index (χ0) is 24.1. The second kappa shape index (κ2) is 11.0. The average molecular weight is 499 g/mol. The van der Waals surface area contributed by atoms with E-state index in [1.807, 2.05) is 62.4 Å². The Bertz CT molecular complexity index is 1200. The SMILES string of the molecule is CCOCCCN1C(=S)NC(c2cccc(Cl)c2)C(c2nc(-c3cccc(OC)c3)no2)=C1C. The van der Waals surface area contributed by atoms with Gasteiger partial charge in [-0.25, -0.2) is 0 Å². The molecule has 0 aliphatic carbocycles. The maximum Gasteiger partial charge on any atom is 0.258 e. The molecule has 9 heteroatoms. The van der Waals surface area contributed by atoms with Gasteiger partial charge < -0.3 is 24.2 Å². The Morgan fingerprint density at radius 1 is 1.21 bits per heavy atom. The first kappa shape index (κ1) is 24.2. The van der Waals surface area contributed by atoms with Crippen LogP contribution in [0.3, 0.4) is 0 Å². The second-order valence-electron chi connectivity index (χ2n) is 7.79. The molecular weight excluding hydrogens is 472 g/mol. The summed E-state index contributed by atoms with van der Waals surface area (Å²) in [7, 11) is 1.63. The maximum absolute atomic E-state index is 6.31. The van der Waals surface area contributed by atoms with Crippen LogP contribution in [0, 0.1) is 0 Å². The Hall–Kier alpha value is -2.94. The van der Waals surface area contributed by atoms with Crippen LogP contribution in [-0.2, 0) is 4.74 Å². The van der Waals surface area contributed by atoms with Crippen LogP contribution in [0.1, 0.15) is 37.8 Å². The average Bonchev–Trinajstić information content (AvgIpc) is 3.33. The van der Waals surface area contributed by atoms with E-state index in [1.165, 1.54) is 0 Å². The lowest BCUT2D eigenvalue weighted by atomic mass is 9.94. The molecule has 1 unspecified atom stereocenters. The predicted molar refractivity (Wildman–Crippen MR) is 137 cm³/mol. The number of aromatic nitrogens is 2. The van der Waals surface area contributed by atoms with Gasteiger partial charge in [0.25, 0.3) is 5.89 Å². The van der Waals surface area contributed by atoms with Crippen LogP contribution >= 0.6 is 23.8 Å². The van der Waals surface area contributed by atoms with E-state index in [1.54, 1.807) is 7.11 Å². The molecule has 178 valence electrons. The van der Waals surface area contributed by atoms with Crippen molar-refractivity contribution in [1.29, 1.82) is 0 Å². The Morgan fingerprint density at radius 2 is 2.03 bits per heavy atom. The number of hydrogen-bond acceptors (Lipinski definition) is 6. The summed E-state index contributed by atoms with van der Waals surface area (Å²) < 4.78 is 16.6. The summed E-state index contributed by atoms with van der Waals surface area (Å²) in [5.74, 6) is 1.63. The van der Waals surface area contributed by atoms with Gasteiger partial charge >= 0.3 is 0 Å². The van der Waals surface area contributed by atoms with Crippen LogP contribution in [0.15, 0.2) is 58.8 Å². The molecule has 1 aliphatic rings. The van der Waals surface area contributed by atoms with E-state index >= 15 is 0 Å². The number of methoxy groups -OCH3 is 1. The number of rotatable bonds is 9. The minimum absolute atomic E-state index is 0.284. The molecule has 1 atom stereocenters. The molecule has 0 fully saturated rings. The van der Waals surface area contributed by atoms with E-state index in [0.717, 1.165) is 34.6 Å². The molecule has 34 heavy (non-hydrogen) atoms. The highest BCUT2D eigenvalue weighted by Gasteiger charge is 2.34. The third kappa shape index (κ3) is 5.24. The summed E-state index contributed by atoms with van der Waals surface area (Å²) in [4.78, 5) is 6.79. The van der Waals surface area contributed by atoms with Crippen molar-refractivity contribution in [2.24, 2.45) is 0 Å². The minimum Gasteiger partial charge on any atom is -0.497 e. The molecule has 0 amide bonds. The van der Waals surface area contributed by atoms with Crippen molar-refractivity contribution in [3.05, 3.63) is 70.7 Å². The molecular formula is C25H27ClN4O3S. The van der Waals surface area contributed by atoms with Crippen molar-refractivity contribution in [3.63, 3.8) is 0 Å². The van der Waals surface area contributed by atoms with Gasteiger partial charge in [0.2, 0.25) is 5.82 Å². The fraction of sp³-hybridized carbons (Fsp3) is 0.320. The number of benzene rings is 2. The van der Waals surface area contributed by atoms with E-state index in [4.69, 9.17) is 42.8 Å². The molecule has 0 radical (unpaired) electrons. The third-order valence-electron chi connectivity index (χ3n) is 5.64. The summed E-state index contributed by atoms with van der Waals surface area (Å²) in [5, 5.41) is 8.97. The molecule has 0 bridgehead atoms. The highest BCUT2D eigenvalue weighted by Crippen LogP contribution is 2.38. The molecule has 0 saturated heterocycles. The summed E-state index contributed by atoms with van der Waals surface area (Å²) in [6, 6.07) is 15.0. The molecule has 2 heterocycles. The summed E-state index contributed by atoms with van der Waals surface area (Å²) in [6.07, 6.45) is 0.834.